The summed E-state index contributed by atoms with van der Waals surface area (Å²) in [6, 6.07) is 7.69. The molecular formula is C15H24N2O2S. The van der Waals surface area contributed by atoms with E-state index in [1.165, 1.54) is 0 Å². The van der Waals surface area contributed by atoms with E-state index in [4.69, 9.17) is 5.11 Å². The lowest BCUT2D eigenvalue weighted by atomic mass is 10.0. The van der Waals surface area contributed by atoms with Crippen molar-refractivity contribution < 1.29 is 9.90 Å². The van der Waals surface area contributed by atoms with Gasteiger partial charge >= 0.3 is 6.03 Å². The Morgan fingerprint density at radius 2 is 2.05 bits per heavy atom. The molecule has 3 N–H and O–H groups in total. The molecule has 0 saturated carbocycles. The van der Waals surface area contributed by atoms with Crippen LogP contribution in [0.1, 0.15) is 31.7 Å². The molecule has 20 heavy (non-hydrogen) atoms. The fourth-order valence-corrected chi connectivity index (χ4v) is 2.57. The first-order valence-corrected chi connectivity index (χ1v) is 8.13. The Bertz CT molecular complexity index is 411. The number of benzene rings is 1. The van der Waals surface area contributed by atoms with E-state index in [0.717, 1.165) is 29.2 Å². The molecule has 0 aliphatic rings. The maximum atomic E-state index is 11.8. The molecule has 5 heteroatoms. The van der Waals surface area contributed by atoms with Crippen LogP contribution >= 0.6 is 11.8 Å². The van der Waals surface area contributed by atoms with Crippen molar-refractivity contribution in [1.29, 1.82) is 0 Å². The number of aliphatic hydroxyl groups excluding tert-OH is 1. The van der Waals surface area contributed by atoms with Gasteiger partial charge in [-0.2, -0.15) is 11.8 Å². The second-order valence-electron chi connectivity index (χ2n) is 4.81. The fraction of sp³-hybridized carbons (Fsp3) is 0.533. The second kappa shape index (κ2) is 9.66. The fourth-order valence-electron chi connectivity index (χ4n) is 1.79. The van der Waals surface area contributed by atoms with Crippen LogP contribution in [0.5, 0.6) is 0 Å². The minimum absolute atomic E-state index is 0.166. The summed E-state index contributed by atoms with van der Waals surface area (Å²) in [7, 11) is 0. The van der Waals surface area contributed by atoms with Crippen molar-refractivity contribution in [1.82, 2.24) is 5.32 Å². The number of nitrogens with one attached hydrogen (secondary N) is 2. The Labute approximate surface area is 125 Å². The lowest BCUT2D eigenvalue weighted by molar-refractivity contribution is 0.252. The van der Waals surface area contributed by atoms with Gasteiger partial charge in [0.2, 0.25) is 0 Å². The summed E-state index contributed by atoms with van der Waals surface area (Å²) in [5.74, 6) is 2.16. The standard InChI is InChI=1S/C15H24N2O2S/c1-12(2)13-6-3-4-7-14(13)17-15(19)16-8-11-20-10-5-9-18/h3-4,6-7,12,18H,5,8-11H2,1-2H3,(H2,16,17,19). The van der Waals surface area contributed by atoms with Gasteiger partial charge in [-0.05, 0) is 29.7 Å². The number of anilines is 1. The number of hydrogen-bond acceptors (Lipinski definition) is 3. The van der Waals surface area contributed by atoms with Gasteiger partial charge in [-0.15, -0.1) is 0 Å². The monoisotopic (exact) mass is 296 g/mol. The molecule has 0 aliphatic heterocycles. The van der Waals surface area contributed by atoms with E-state index < -0.39 is 0 Å². The van der Waals surface area contributed by atoms with Crippen molar-refractivity contribution in [3.8, 4) is 0 Å². The summed E-state index contributed by atoms with van der Waals surface area (Å²) >= 11 is 1.73. The molecule has 112 valence electrons. The van der Waals surface area contributed by atoms with E-state index >= 15 is 0 Å². The van der Waals surface area contributed by atoms with Gasteiger partial charge in [0.15, 0.2) is 0 Å². The van der Waals surface area contributed by atoms with Crippen LogP contribution in [0.2, 0.25) is 0 Å². The Morgan fingerprint density at radius 3 is 2.75 bits per heavy atom. The first kappa shape index (κ1) is 16.9. The maximum absolute atomic E-state index is 11.8. The highest BCUT2D eigenvalue weighted by Gasteiger charge is 2.08. The highest BCUT2D eigenvalue weighted by atomic mass is 32.2. The summed E-state index contributed by atoms with van der Waals surface area (Å²) in [6.07, 6.45) is 0.804. The van der Waals surface area contributed by atoms with Crippen LogP contribution < -0.4 is 10.6 Å². The number of rotatable bonds is 8. The van der Waals surface area contributed by atoms with Crippen molar-refractivity contribution in [3.63, 3.8) is 0 Å². The molecule has 1 aromatic rings. The van der Waals surface area contributed by atoms with Gasteiger partial charge in [0, 0.05) is 24.6 Å². The average Bonchev–Trinajstić information content (AvgIpc) is 2.43. The number of carbonyl (C=O) groups is 1. The zero-order valence-electron chi connectivity index (χ0n) is 12.2. The molecule has 0 unspecified atom stereocenters. The van der Waals surface area contributed by atoms with Crippen molar-refractivity contribution in [3.05, 3.63) is 29.8 Å². The van der Waals surface area contributed by atoms with Crippen molar-refractivity contribution in [2.45, 2.75) is 26.2 Å². The maximum Gasteiger partial charge on any atom is 0.319 e. The predicted octanol–water partition coefficient (Wildman–Crippen LogP) is 3.05. The first-order valence-electron chi connectivity index (χ1n) is 6.97. The van der Waals surface area contributed by atoms with E-state index in [2.05, 4.69) is 24.5 Å². The third-order valence-electron chi connectivity index (χ3n) is 2.81. The summed E-state index contributed by atoms with van der Waals surface area (Å²) in [4.78, 5) is 11.8. The molecular weight excluding hydrogens is 272 g/mol. The molecule has 4 nitrogen and oxygen atoms in total. The molecule has 0 fully saturated rings. The van der Waals surface area contributed by atoms with Gasteiger partial charge in [0.25, 0.3) is 0 Å². The third kappa shape index (κ3) is 6.30. The number of aliphatic hydroxyl groups is 1. The van der Waals surface area contributed by atoms with Gasteiger partial charge in [0.1, 0.15) is 0 Å². The quantitative estimate of drug-likeness (QED) is 0.646. The molecule has 0 bridgehead atoms. The minimum atomic E-state index is -0.166. The van der Waals surface area contributed by atoms with Crippen molar-refractivity contribution >= 4 is 23.5 Å². The molecule has 0 aliphatic carbocycles. The Balaban J connectivity index is 2.32. The van der Waals surface area contributed by atoms with Crippen LogP contribution in [0.25, 0.3) is 0 Å². The molecule has 1 rings (SSSR count). The van der Waals surface area contributed by atoms with Gasteiger partial charge in [0.05, 0.1) is 0 Å². The van der Waals surface area contributed by atoms with Crippen LogP contribution in [0.15, 0.2) is 24.3 Å². The zero-order valence-corrected chi connectivity index (χ0v) is 13.0. The van der Waals surface area contributed by atoms with Gasteiger partial charge < -0.3 is 15.7 Å². The summed E-state index contributed by atoms with van der Waals surface area (Å²) in [5.41, 5.74) is 2.01. The van der Waals surface area contributed by atoms with Crippen LogP contribution in [0.3, 0.4) is 0 Å². The summed E-state index contributed by atoms with van der Waals surface area (Å²) < 4.78 is 0. The van der Waals surface area contributed by atoms with E-state index in [9.17, 15) is 4.79 Å². The molecule has 0 heterocycles. The topological polar surface area (TPSA) is 61.4 Å². The highest BCUT2D eigenvalue weighted by molar-refractivity contribution is 7.99. The molecule has 1 aromatic carbocycles. The van der Waals surface area contributed by atoms with Crippen LogP contribution in [-0.4, -0.2) is 35.8 Å². The number of carbonyl (C=O) groups excluding carboxylic acids is 1. The second-order valence-corrected chi connectivity index (χ2v) is 6.04. The van der Waals surface area contributed by atoms with E-state index in [0.29, 0.717) is 12.5 Å². The Morgan fingerprint density at radius 1 is 1.30 bits per heavy atom. The Hall–Kier alpha value is -1.20. The van der Waals surface area contributed by atoms with Gasteiger partial charge in [-0.25, -0.2) is 4.79 Å². The number of para-hydroxylation sites is 1. The first-order chi connectivity index (χ1) is 9.65. The molecule has 0 radical (unpaired) electrons. The van der Waals surface area contributed by atoms with Crippen LogP contribution in [0.4, 0.5) is 10.5 Å². The number of amides is 2. The molecule has 2 amide bonds. The molecule has 0 aromatic heterocycles. The lowest BCUT2D eigenvalue weighted by Gasteiger charge is -2.14. The van der Waals surface area contributed by atoms with E-state index in [1.54, 1.807) is 11.8 Å². The predicted molar refractivity (Wildman–Crippen MR) is 86.6 cm³/mol. The Kier molecular flexibility index (Phi) is 8.14. The average molecular weight is 296 g/mol. The van der Waals surface area contributed by atoms with Crippen molar-refractivity contribution in [2.75, 3.05) is 30.0 Å². The lowest BCUT2D eigenvalue weighted by Crippen LogP contribution is -2.31. The minimum Gasteiger partial charge on any atom is -0.396 e. The van der Waals surface area contributed by atoms with Crippen LogP contribution in [0, 0.1) is 0 Å². The van der Waals surface area contributed by atoms with Gasteiger partial charge in [-0.1, -0.05) is 32.0 Å². The zero-order chi connectivity index (χ0) is 14.8. The number of thioether (sulfide) groups is 1. The number of urea groups is 1. The largest absolute Gasteiger partial charge is 0.396 e. The normalized spacial score (nSPS) is 10.6. The van der Waals surface area contributed by atoms with Crippen LogP contribution in [-0.2, 0) is 0 Å². The summed E-state index contributed by atoms with van der Waals surface area (Å²) in [6.45, 7) is 5.07. The molecule has 0 saturated heterocycles. The highest BCUT2D eigenvalue weighted by Crippen LogP contribution is 2.23. The van der Waals surface area contributed by atoms with Crippen molar-refractivity contribution in [2.24, 2.45) is 0 Å². The van der Waals surface area contributed by atoms with Gasteiger partial charge in [-0.3, -0.25) is 0 Å². The SMILES string of the molecule is CC(C)c1ccccc1NC(=O)NCCSCCCO. The smallest absolute Gasteiger partial charge is 0.319 e. The van der Waals surface area contributed by atoms with E-state index in [1.807, 2.05) is 24.3 Å². The van der Waals surface area contributed by atoms with E-state index in [-0.39, 0.29) is 12.6 Å². The molecule has 0 atom stereocenters. The third-order valence-corrected chi connectivity index (χ3v) is 3.88. The summed E-state index contributed by atoms with van der Waals surface area (Å²) in [5, 5.41) is 14.4. The number of hydrogen-bond donors (Lipinski definition) is 3. The molecule has 0 spiro atoms.